The van der Waals surface area contributed by atoms with Crippen LogP contribution in [0.3, 0.4) is 0 Å². The summed E-state index contributed by atoms with van der Waals surface area (Å²) in [7, 11) is 2.89. The number of rotatable bonds is 1. The molecule has 1 N–H and O–H groups in total. The summed E-state index contributed by atoms with van der Waals surface area (Å²) in [5.41, 5.74) is 0. The van der Waals surface area contributed by atoms with Crippen molar-refractivity contribution in [2.75, 3.05) is 20.7 Å². The van der Waals surface area contributed by atoms with Crippen LogP contribution in [-0.4, -0.2) is 43.6 Å². The van der Waals surface area contributed by atoms with Gasteiger partial charge in [-0.25, -0.2) is 4.79 Å². The third-order valence-corrected chi connectivity index (χ3v) is 2.21. The fraction of sp³-hybridized carbons (Fsp3) is 0.750. The summed E-state index contributed by atoms with van der Waals surface area (Å²) in [5, 5.41) is 2.53. The SMILES string of the molecule is CNC(=O)[C@@H]1CCCN1C(=O)OC. The van der Waals surface area contributed by atoms with Crippen LogP contribution in [0.15, 0.2) is 0 Å². The lowest BCUT2D eigenvalue weighted by atomic mass is 10.2. The molecule has 0 aromatic carbocycles. The van der Waals surface area contributed by atoms with E-state index in [9.17, 15) is 9.59 Å². The minimum atomic E-state index is -0.425. The van der Waals surface area contributed by atoms with Crippen LogP contribution in [0.5, 0.6) is 0 Å². The number of carbonyl (C=O) groups excluding carboxylic acids is 2. The van der Waals surface area contributed by atoms with Crippen LogP contribution in [0.4, 0.5) is 4.79 Å². The first-order valence-electron chi connectivity index (χ1n) is 4.27. The average molecular weight is 186 g/mol. The Hall–Kier alpha value is -1.26. The molecule has 1 rings (SSSR count). The van der Waals surface area contributed by atoms with Crippen LogP contribution in [-0.2, 0) is 9.53 Å². The minimum absolute atomic E-state index is 0.122. The monoisotopic (exact) mass is 186 g/mol. The summed E-state index contributed by atoms with van der Waals surface area (Å²) in [6.45, 7) is 0.602. The van der Waals surface area contributed by atoms with Crippen molar-refractivity contribution in [3.05, 3.63) is 0 Å². The van der Waals surface area contributed by atoms with Gasteiger partial charge in [-0.2, -0.15) is 0 Å². The molecular formula is C8H14N2O3. The van der Waals surface area contributed by atoms with Crippen molar-refractivity contribution in [2.24, 2.45) is 0 Å². The normalized spacial score (nSPS) is 21.4. The van der Waals surface area contributed by atoms with Crippen LogP contribution in [0.1, 0.15) is 12.8 Å². The van der Waals surface area contributed by atoms with Gasteiger partial charge in [0.05, 0.1) is 7.11 Å². The number of nitrogens with one attached hydrogen (secondary N) is 1. The molecule has 1 aliphatic rings. The smallest absolute Gasteiger partial charge is 0.410 e. The molecule has 1 atom stereocenters. The Morgan fingerprint density at radius 2 is 2.23 bits per heavy atom. The Balaban J connectivity index is 2.63. The Bertz CT molecular complexity index is 195. The van der Waals surface area contributed by atoms with Crippen LogP contribution in [0, 0.1) is 0 Å². The van der Waals surface area contributed by atoms with E-state index in [1.807, 2.05) is 0 Å². The second-order valence-corrected chi connectivity index (χ2v) is 2.94. The predicted octanol–water partition coefficient (Wildman–Crippen LogP) is -0.0368. The second-order valence-electron chi connectivity index (χ2n) is 2.94. The molecule has 74 valence electrons. The number of likely N-dealkylation sites (N-methyl/N-ethyl adjacent to an activating group) is 1. The van der Waals surface area contributed by atoms with Gasteiger partial charge in [-0.15, -0.1) is 0 Å². The molecule has 1 fully saturated rings. The lowest BCUT2D eigenvalue weighted by Gasteiger charge is -2.21. The number of carbonyl (C=O) groups is 2. The number of hydrogen-bond donors (Lipinski definition) is 1. The molecule has 0 saturated carbocycles. The molecule has 0 bridgehead atoms. The highest BCUT2D eigenvalue weighted by Crippen LogP contribution is 2.17. The third kappa shape index (κ3) is 1.91. The summed E-state index contributed by atoms with van der Waals surface area (Å²) < 4.78 is 4.57. The number of methoxy groups -OCH3 is 1. The van der Waals surface area contributed by atoms with Crippen LogP contribution in [0.2, 0.25) is 0 Å². The fourth-order valence-electron chi connectivity index (χ4n) is 1.54. The van der Waals surface area contributed by atoms with Gasteiger partial charge in [-0.05, 0) is 12.8 Å². The Morgan fingerprint density at radius 3 is 2.77 bits per heavy atom. The zero-order valence-corrected chi connectivity index (χ0v) is 7.87. The van der Waals surface area contributed by atoms with E-state index in [2.05, 4.69) is 10.1 Å². The highest BCUT2D eigenvalue weighted by Gasteiger charge is 2.33. The van der Waals surface area contributed by atoms with E-state index in [1.54, 1.807) is 7.05 Å². The minimum Gasteiger partial charge on any atom is -0.453 e. The third-order valence-electron chi connectivity index (χ3n) is 2.21. The van der Waals surface area contributed by atoms with Gasteiger partial charge in [0.1, 0.15) is 6.04 Å². The fourth-order valence-corrected chi connectivity index (χ4v) is 1.54. The largest absolute Gasteiger partial charge is 0.453 e. The van der Waals surface area contributed by atoms with Crippen molar-refractivity contribution in [3.8, 4) is 0 Å². The Morgan fingerprint density at radius 1 is 1.54 bits per heavy atom. The first kappa shape index (κ1) is 9.83. The van der Waals surface area contributed by atoms with Gasteiger partial charge in [-0.1, -0.05) is 0 Å². The standard InChI is InChI=1S/C8H14N2O3/c1-9-7(11)6-4-3-5-10(6)8(12)13-2/h6H,3-5H2,1-2H3,(H,9,11)/t6-/m0/s1. The molecule has 0 unspecified atom stereocenters. The number of amides is 2. The first-order valence-corrected chi connectivity index (χ1v) is 4.27. The maximum absolute atomic E-state index is 11.3. The van der Waals surface area contributed by atoms with Gasteiger partial charge in [0.2, 0.25) is 5.91 Å². The molecule has 0 radical (unpaired) electrons. The maximum Gasteiger partial charge on any atom is 0.410 e. The molecule has 5 nitrogen and oxygen atoms in total. The topological polar surface area (TPSA) is 58.6 Å². The summed E-state index contributed by atoms with van der Waals surface area (Å²) in [5.74, 6) is -0.122. The molecule has 0 aromatic heterocycles. The van der Waals surface area contributed by atoms with E-state index in [0.29, 0.717) is 6.54 Å². The number of ether oxygens (including phenoxy) is 1. The van der Waals surface area contributed by atoms with E-state index >= 15 is 0 Å². The molecule has 5 heteroatoms. The van der Waals surface area contributed by atoms with Crippen molar-refractivity contribution in [3.63, 3.8) is 0 Å². The molecule has 1 heterocycles. The van der Waals surface area contributed by atoms with Gasteiger partial charge >= 0.3 is 6.09 Å². The van der Waals surface area contributed by atoms with E-state index in [4.69, 9.17) is 0 Å². The summed E-state index contributed by atoms with van der Waals surface area (Å²) in [6.07, 6.45) is 1.15. The van der Waals surface area contributed by atoms with Crippen molar-refractivity contribution >= 4 is 12.0 Å². The van der Waals surface area contributed by atoms with Gasteiger partial charge in [0.15, 0.2) is 0 Å². The molecular weight excluding hydrogens is 172 g/mol. The van der Waals surface area contributed by atoms with Gasteiger partial charge in [-0.3, -0.25) is 9.69 Å². The molecule has 0 spiro atoms. The predicted molar refractivity (Wildman–Crippen MR) is 46.2 cm³/mol. The molecule has 2 amide bonds. The molecule has 1 saturated heterocycles. The maximum atomic E-state index is 11.3. The average Bonchev–Trinajstić information content (AvgIpc) is 2.63. The second kappa shape index (κ2) is 4.11. The zero-order chi connectivity index (χ0) is 9.84. The van der Waals surface area contributed by atoms with E-state index in [-0.39, 0.29) is 11.9 Å². The summed E-state index contributed by atoms with van der Waals surface area (Å²) in [6, 6.07) is -0.350. The highest BCUT2D eigenvalue weighted by atomic mass is 16.5. The Labute approximate surface area is 77.0 Å². The Kier molecular flexibility index (Phi) is 3.11. The molecule has 0 aliphatic carbocycles. The molecule has 13 heavy (non-hydrogen) atoms. The molecule has 1 aliphatic heterocycles. The van der Waals surface area contributed by atoms with Crippen molar-refractivity contribution in [1.29, 1.82) is 0 Å². The number of nitrogens with zero attached hydrogens (tertiary/aromatic N) is 1. The molecule has 0 aromatic rings. The lowest BCUT2D eigenvalue weighted by molar-refractivity contribution is -0.124. The van der Waals surface area contributed by atoms with Gasteiger partial charge < -0.3 is 10.1 Å². The van der Waals surface area contributed by atoms with E-state index < -0.39 is 6.09 Å². The first-order chi connectivity index (χ1) is 6.20. The summed E-state index contributed by atoms with van der Waals surface area (Å²) >= 11 is 0. The van der Waals surface area contributed by atoms with E-state index in [0.717, 1.165) is 12.8 Å². The summed E-state index contributed by atoms with van der Waals surface area (Å²) in [4.78, 5) is 23.9. The lowest BCUT2D eigenvalue weighted by Crippen LogP contribution is -2.44. The van der Waals surface area contributed by atoms with E-state index in [1.165, 1.54) is 12.0 Å². The van der Waals surface area contributed by atoms with Crippen molar-refractivity contribution in [2.45, 2.75) is 18.9 Å². The quantitative estimate of drug-likeness (QED) is 0.625. The van der Waals surface area contributed by atoms with Gasteiger partial charge in [0.25, 0.3) is 0 Å². The number of hydrogen-bond acceptors (Lipinski definition) is 3. The number of likely N-dealkylation sites (tertiary alicyclic amines) is 1. The van der Waals surface area contributed by atoms with Crippen LogP contribution >= 0.6 is 0 Å². The van der Waals surface area contributed by atoms with Crippen molar-refractivity contribution in [1.82, 2.24) is 10.2 Å². The van der Waals surface area contributed by atoms with Crippen LogP contribution in [0.25, 0.3) is 0 Å². The van der Waals surface area contributed by atoms with Crippen LogP contribution < -0.4 is 5.32 Å². The van der Waals surface area contributed by atoms with Crippen molar-refractivity contribution < 1.29 is 14.3 Å². The van der Waals surface area contributed by atoms with Gasteiger partial charge in [0, 0.05) is 13.6 Å². The zero-order valence-electron chi connectivity index (χ0n) is 7.87. The highest BCUT2D eigenvalue weighted by molar-refractivity contribution is 5.85.